The number of nitrogens with zero attached hydrogens (tertiary/aromatic N) is 2. The predicted octanol–water partition coefficient (Wildman–Crippen LogP) is 1.89. The molecule has 4 N–H and O–H groups in total. The van der Waals surface area contributed by atoms with Crippen molar-refractivity contribution in [1.29, 1.82) is 0 Å². The number of nitrogens with one attached hydrogen (secondary N) is 2. The van der Waals surface area contributed by atoms with Crippen LogP contribution in [0.5, 0.6) is 0 Å². The average Bonchev–Trinajstić information content (AvgIpc) is 2.68. The summed E-state index contributed by atoms with van der Waals surface area (Å²) >= 11 is 0. The van der Waals surface area contributed by atoms with E-state index >= 15 is 0 Å². The van der Waals surface area contributed by atoms with E-state index in [4.69, 9.17) is 5.73 Å². The molecule has 1 fully saturated rings. The molecule has 0 radical (unpaired) electrons. The van der Waals surface area contributed by atoms with Crippen LogP contribution < -0.4 is 21.3 Å². The molecule has 0 saturated carbocycles. The van der Waals surface area contributed by atoms with Crippen molar-refractivity contribution in [2.45, 2.75) is 12.8 Å². The molecule has 1 unspecified atom stereocenters. The minimum absolute atomic E-state index is 0.0261. The number of primary amides is 1. The van der Waals surface area contributed by atoms with Crippen LogP contribution >= 0.6 is 0 Å². The highest BCUT2D eigenvalue weighted by Gasteiger charge is 2.25. The number of nitrogens with two attached hydrogens (primary N) is 1. The average molecular weight is 353 g/mol. The summed E-state index contributed by atoms with van der Waals surface area (Å²) in [7, 11) is 1.68. The first-order valence-corrected chi connectivity index (χ1v) is 8.67. The van der Waals surface area contributed by atoms with E-state index in [1.165, 1.54) is 0 Å². The number of aromatic nitrogens is 1. The Morgan fingerprint density at radius 2 is 2.00 bits per heavy atom. The third kappa shape index (κ3) is 3.93. The van der Waals surface area contributed by atoms with Gasteiger partial charge in [0.05, 0.1) is 11.5 Å². The molecular formula is C19H23N5O2. The summed E-state index contributed by atoms with van der Waals surface area (Å²) < 4.78 is 0. The van der Waals surface area contributed by atoms with Gasteiger partial charge in [-0.05, 0) is 49.2 Å². The summed E-state index contributed by atoms with van der Waals surface area (Å²) in [5.74, 6) is 0.0384. The molecule has 2 aromatic rings. The van der Waals surface area contributed by atoms with Crippen LogP contribution in [0.15, 0.2) is 42.6 Å². The summed E-state index contributed by atoms with van der Waals surface area (Å²) in [6.07, 6.45) is 3.52. The molecule has 0 aliphatic carbocycles. The van der Waals surface area contributed by atoms with E-state index in [0.29, 0.717) is 11.4 Å². The van der Waals surface area contributed by atoms with Crippen molar-refractivity contribution >= 4 is 29.0 Å². The number of benzene rings is 1. The Labute approximate surface area is 152 Å². The van der Waals surface area contributed by atoms with Crippen LogP contribution in [-0.2, 0) is 4.79 Å². The summed E-state index contributed by atoms with van der Waals surface area (Å²) in [5.41, 5.74) is 7.61. The highest BCUT2D eigenvalue weighted by Crippen LogP contribution is 2.26. The second-order valence-corrected chi connectivity index (χ2v) is 6.34. The lowest BCUT2D eigenvalue weighted by molar-refractivity contribution is -0.124. The van der Waals surface area contributed by atoms with Crippen molar-refractivity contribution in [2.75, 3.05) is 30.4 Å². The number of hydrogen-bond acceptors (Lipinski definition) is 5. The lowest BCUT2D eigenvalue weighted by Gasteiger charge is -2.33. The van der Waals surface area contributed by atoms with Gasteiger partial charge in [0.15, 0.2) is 0 Å². The Hall–Kier alpha value is -3.09. The number of carbonyl (C=O) groups excluding carboxylic acids is 2. The van der Waals surface area contributed by atoms with Gasteiger partial charge in [-0.3, -0.25) is 9.59 Å². The molecule has 2 amide bonds. The van der Waals surface area contributed by atoms with Crippen LogP contribution in [0.2, 0.25) is 0 Å². The van der Waals surface area contributed by atoms with Gasteiger partial charge in [-0.25, -0.2) is 4.98 Å². The molecule has 136 valence electrons. The zero-order valence-electron chi connectivity index (χ0n) is 14.7. The van der Waals surface area contributed by atoms with E-state index in [2.05, 4.69) is 20.5 Å². The van der Waals surface area contributed by atoms with Gasteiger partial charge in [-0.15, -0.1) is 0 Å². The van der Waals surface area contributed by atoms with Crippen LogP contribution in [0.4, 0.5) is 17.2 Å². The zero-order chi connectivity index (χ0) is 18.5. The monoisotopic (exact) mass is 353 g/mol. The molecule has 7 nitrogen and oxygen atoms in total. The Morgan fingerprint density at radius 1 is 1.23 bits per heavy atom. The fourth-order valence-corrected chi connectivity index (χ4v) is 3.23. The van der Waals surface area contributed by atoms with Gasteiger partial charge in [-0.1, -0.05) is 0 Å². The number of anilines is 3. The second-order valence-electron chi connectivity index (χ2n) is 6.34. The van der Waals surface area contributed by atoms with Gasteiger partial charge in [-0.2, -0.15) is 0 Å². The largest absolute Gasteiger partial charge is 0.371 e. The molecule has 1 atom stereocenters. The van der Waals surface area contributed by atoms with Crippen molar-refractivity contribution in [1.82, 2.24) is 10.3 Å². The van der Waals surface area contributed by atoms with E-state index in [9.17, 15) is 9.59 Å². The zero-order valence-corrected chi connectivity index (χ0v) is 14.7. The summed E-state index contributed by atoms with van der Waals surface area (Å²) in [6, 6.07) is 11.2. The minimum atomic E-state index is -0.522. The number of rotatable bonds is 5. The third-order valence-electron chi connectivity index (χ3n) is 4.61. The number of pyridine rings is 1. The van der Waals surface area contributed by atoms with Crippen molar-refractivity contribution in [3.63, 3.8) is 0 Å². The van der Waals surface area contributed by atoms with Crippen LogP contribution in [0.25, 0.3) is 0 Å². The highest BCUT2D eigenvalue weighted by molar-refractivity contribution is 5.98. The molecule has 1 aromatic carbocycles. The van der Waals surface area contributed by atoms with E-state index in [-0.39, 0.29) is 11.8 Å². The van der Waals surface area contributed by atoms with Crippen molar-refractivity contribution in [3.05, 3.63) is 48.2 Å². The summed E-state index contributed by atoms with van der Waals surface area (Å²) in [6.45, 7) is 1.66. The molecule has 3 rings (SSSR count). The molecule has 7 heteroatoms. The maximum Gasteiger partial charge on any atom is 0.252 e. The Kier molecular flexibility index (Phi) is 5.36. The van der Waals surface area contributed by atoms with E-state index in [0.717, 1.165) is 37.3 Å². The van der Waals surface area contributed by atoms with Crippen molar-refractivity contribution in [3.8, 4) is 0 Å². The topological polar surface area (TPSA) is 100 Å². The normalized spacial score (nSPS) is 16.8. The lowest BCUT2D eigenvalue weighted by atomic mass is 9.96. The Morgan fingerprint density at radius 3 is 2.69 bits per heavy atom. The van der Waals surface area contributed by atoms with Gasteiger partial charge in [0, 0.05) is 37.7 Å². The predicted molar refractivity (Wildman–Crippen MR) is 101 cm³/mol. The number of amides is 2. The Balaban J connectivity index is 1.71. The number of carbonyl (C=O) groups is 2. The fraction of sp³-hybridized carbons (Fsp3) is 0.316. The van der Waals surface area contributed by atoms with E-state index in [1.54, 1.807) is 25.4 Å². The Bertz CT molecular complexity index is 791. The first-order chi connectivity index (χ1) is 12.6. The van der Waals surface area contributed by atoms with Crippen LogP contribution in [0.3, 0.4) is 0 Å². The first kappa shape index (κ1) is 17.7. The van der Waals surface area contributed by atoms with Crippen LogP contribution in [-0.4, -0.2) is 36.9 Å². The minimum Gasteiger partial charge on any atom is -0.371 e. The van der Waals surface area contributed by atoms with Crippen molar-refractivity contribution < 1.29 is 9.59 Å². The maximum atomic E-state index is 11.9. The maximum absolute atomic E-state index is 11.9. The molecule has 2 heterocycles. The third-order valence-corrected chi connectivity index (χ3v) is 4.61. The standard InChI is InChI=1S/C19H23N5O2/c1-21-19(26)13-4-3-11-24(12-13)15-8-6-14(7-9-15)23-18-16(17(20)25)5-2-10-22-18/h2,5-10,13H,3-4,11-12H2,1H3,(H2,20,25)(H,21,26)(H,22,23). The molecule has 26 heavy (non-hydrogen) atoms. The lowest BCUT2D eigenvalue weighted by Crippen LogP contribution is -2.42. The van der Waals surface area contributed by atoms with E-state index < -0.39 is 5.91 Å². The van der Waals surface area contributed by atoms with Gasteiger partial charge in [0.1, 0.15) is 5.82 Å². The number of hydrogen-bond donors (Lipinski definition) is 3. The van der Waals surface area contributed by atoms with E-state index in [1.807, 2.05) is 24.3 Å². The van der Waals surface area contributed by atoms with Gasteiger partial charge in [0.25, 0.3) is 5.91 Å². The SMILES string of the molecule is CNC(=O)C1CCCN(c2ccc(Nc3ncccc3C(N)=O)cc2)C1. The highest BCUT2D eigenvalue weighted by atomic mass is 16.2. The number of piperidine rings is 1. The van der Waals surface area contributed by atoms with Gasteiger partial charge < -0.3 is 21.3 Å². The molecule has 1 aliphatic heterocycles. The van der Waals surface area contributed by atoms with Crippen LogP contribution in [0, 0.1) is 5.92 Å². The van der Waals surface area contributed by atoms with Gasteiger partial charge >= 0.3 is 0 Å². The molecular weight excluding hydrogens is 330 g/mol. The molecule has 1 aromatic heterocycles. The smallest absolute Gasteiger partial charge is 0.252 e. The van der Waals surface area contributed by atoms with Crippen molar-refractivity contribution in [2.24, 2.45) is 11.7 Å². The second kappa shape index (κ2) is 7.86. The molecule has 1 aliphatic rings. The summed E-state index contributed by atoms with van der Waals surface area (Å²) in [4.78, 5) is 29.8. The molecule has 0 bridgehead atoms. The fourth-order valence-electron chi connectivity index (χ4n) is 3.23. The summed E-state index contributed by atoms with van der Waals surface area (Å²) in [5, 5.41) is 5.86. The quantitative estimate of drug-likeness (QED) is 0.762. The first-order valence-electron chi connectivity index (χ1n) is 8.67. The van der Waals surface area contributed by atoms with Gasteiger partial charge in [0.2, 0.25) is 5.91 Å². The molecule has 0 spiro atoms. The van der Waals surface area contributed by atoms with Crippen LogP contribution in [0.1, 0.15) is 23.2 Å². The molecule has 1 saturated heterocycles.